The molecule has 0 saturated carbocycles. The smallest absolute Gasteiger partial charge is 0.316 e. The Hall–Kier alpha value is -0.940. The van der Waals surface area contributed by atoms with E-state index < -0.39 is 24.0 Å². The third kappa shape index (κ3) is 3.12. The first-order valence-corrected chi connectivity index (χ1v) is 3.75. The number of hydrogen-bond donors (Lipinski definition) is 0. The van der Waals surface area contributed by atoms with Gasteiger partial charge in [-0.3, -0.25) is 9.59 Å². The number of methoxy groups -OCH3 is 3. The molecule has 0 saturated heterocycles. The van der Waals surface area contributed by atoms with Crippen molar-refractivity contribution in [2.24, 2.45) is 5.92 Å². The maximum absolute atomic E-state index is 11.4. The van der Waals surface area contributed by atoms with Crippen LogP contribution in [-0.2, 0) is 23.8 Å². The second kappa shape index (κ2) is 5.66. The molecule has 0 aromatic rings. The average Bonchev–Trinajstić information content (AvgIpc) is 2.17. The van der Waals surface area contributed by atoms with E-state index in [1.165, 1.54) is 28.3 Å². The zero-order valence-corrected chi connectivity index (χ0v) is 8.20. The van der Waals surface area contributed by atoms with Crippen LogP contribution in [0.15, 0.2) is 0 Å². The molecule has 5 nitrogen and oxygen atoms in total. The molecular formula is C8H14O5. The molecule has 0 rings (SSSR count). The predicted octanol–water partition coefficient (Wildman–Crippen LogP) is -0.0165. The number of carbonyl (C=O) groups is 2. The molecule has 0 aliphatic rings. The fourth-order valence-corrected chi connectivity index (χ4v) is 0.826. The van der Waals surface area contributed by atoms with E-state index in [2.05, 4.69) is 4.74 Å². The van der Waals surface area contributed by atoms with Crippen molar-refractivity contribution >= 4 is 11.8 Å². The quantitative estimate of drug-likeness (QED) is 0.346. The highest BCUT2D eigenvalue weighted by Gasteiger charge is 2.29. The summed E-state index contributed by atoms with van der Waals surface area (Å²) in [5.74, 6) is -1.91. The van der Waals surface area contributed by atoms with E-state index >= 15 is 0 Å². The average molecular weight is 190 g/mol. The molecule has 0 N–H and O–H groups in total. The zero-order chi connectivity index (χ0) is 10.4. The fraction of sp³-hybridized carbons (Fsp3) is 0.750. The molecule has 5 heteroatoms. The topological polar surface area (TPSA) is 61.8 Å². The van der Waals surface area contributed by atoms with E-state index in [-0.39, 0.29) is 0 Å². The Balaban J connectivity index is 4.31. The molecule has 1 unspecified atom stereocenters. The highest BCUT2D eigenvalue weighted by molar-refractivity contribution is 6.00. The van der Waals surface area contributed by atoms with Gasteiger partial charge in [-0.05, 0) is 6.92 Å². The standard InChI is InChI=1S/C8H14O5/c1-5(7(10)11-2)6(9)8(12-3)13-4/h5,8H,1-4H3. The maximum Gasteiger partial charge on any atom is 0.316 e. The maximum atomic E-state index is 11.4. The summed E-state index contributed by atoms with van der Waals surface area (Å²) in [7, 11) is 3.88. The monoisotopic (exact) mass is 190 g/mol. The molecule has 0 aliphatic heterocycles. The van der Waals surface area contributed by atoms with Crippen molar-refractivity contribution < 1.29 is 23.8 Å². The molecule has 13 heavy (non-hydrogen) atoms. The molecule has 0 amide bonds. The van der Waals surface area contributed by atoms with Crippen molar-refractivity contribution in [1.29, 1.82) is 0 Å². The minimum atomic E-state index is -1.01. The van der Waals surface area contributed by atoms with Gasteiger partial charge >= 0.3 is 5.97 Å². The van der Waals surface area contributed by atoms with Gasteiger partial charge in [0.1, 0.15) is 5.92 Å². The second-order valence-electron chi connectivity index (χ2n) is 2.45. The molecular weight excluding hydrogens is 176 g/mol. The summed E-state index contributed by atoms with van der Waals surface area (Å²) in [6.07, 6.45) is -1.01. The van der Waals surface area contributed by atoms with Crippen LogP contribution in [0.25, 0.3) is 0 Å². The van der Waals surface area contributed by atoms with Crippen molar-refractivity contribution in [1.82, 2.24) is 0 Å². The van der Waals surface area contributed by atoms with Crippen LogP contribution in [0.2, 0.25) is 0 Å². The van der Waals surface area contributed by atoms with Crippen LogP contribution < -0.4 is 0 Å². The summed E-state index contributed by atoms with van der Waals surface area (Å²) in [6.45, 7) is 1.44. The lowest BCUT2D eigenvalue weighted by atomic mass is 10.1. The summed E-state index contributed by atoms with van der Waals surface area (Å²) in [6, 6.07) is 0. The summed E-state index contributed by atoms with van der Waals surface area (Å²) in [5, 5.41) is 0. The van der Waals surface area contributed by atoms with Crippen LogP contribution in [-0.4, -0.2) is 39.4 Å². The van der Waals surface area contributed by atoms with Gasteiger partial charge in [-0.1, -0.05) is 0 Å². The SMILES string of the molecule is COC(=O)C(C)C(=O)C(OC)OC. The van der Waals surface area contributed by atoms with Gasteiger partial charge in [-0.2, -0.15) is 0 Å². The van der Waals surface area contributed by atoms with Gasteiger partial charge in [0.15, 0.2) is 0 Å². The Kier molecular flexibility index (Phi) is 5.25. The number of esters is 1. The number of ether oxygens (including phenoxy) is 3. The fourth-order valence-electron chi connectivity index (χ4n) is 0.826. The Bertz CT molecular complexity index is 185. The van der Waals surface area contributed by atoms with Crippen molar-refractivity contribution in [2.75, 3.05) is 21.3 Å². The second-order valence-corrected chi connectivity index (χ2v) is 2.45. The van der Waals surface area contributed by atoms with Gasteiger partial charge in [0.25, 0.3) is 0 Å². The van der Waals surface area contributed by atoms with Crippen LogP contribution >= 0.6 is 0 Å². The minimum Gasteiger partial charge on any atom is -0.468 e. The Labute approximate surface area is 77.0 Å². The summed E-state index contributed by atoms with van der Waals surface area (Å²) in [5.41, 5.74) is 0. The highest BCUT2D eigenvalue weighted by atomic mass is 16.7. The van der Waals surface area contributed by atoms with Crippen molar-refractivity contribution in [2.45, 2.75) is 13.2 Å². The molecule has 0 radical (unpaired) electrons. The van der Waals surface area contributed by atoms with E-state index in [1.807, 2.05) is 0 Å². The molecule has 0 bridgehead atoms. The third-order valence-electron chi connectivity index (χ3n) is 1.64. The van der Waals surface area contributed by atoms with E-state index in [4.69, 9.17) is 9.47 Å². The molecule has 0 spiro atoms. The van der Waals surface area contributed by atoms with Gasteiger partial charge in [-0.25, -0.2) is 0 Å². The summed E-state index contributed by atoms with van der Waals surface area (Å²) < 4.78 is 13.8. The number of rotatable bonds is 5. The first kappa shape index (κ1) is 12.1. The highest BCUT2D eigenvalue weighted by Crippen LogP contribution is 2.06. The lowest BCUT2D eigenvalue weighted by Crippen LogP contribution is -2.34. The van der Waals surface area contributed by atoms with Crippen molar-refractivity contribution in [3.05, 3.63) is 0 Å². The summed E-state index contributed by atoms with van der Waals surface area (Å²) in [4.78, 5) is 22.3. The zero-order valence-electron chi connectivity index (χ0n) is 8.20. The van der Waals surface area contributed by atoms with Gasteiger partial charge in [0, 0.05) is 14.2 Å². The molecule has 0 aromatic carbocycles. The number of carbonyl (C=O) groups excluding carboxylic acids is 2. The van der Waals surface area contributed by atoms with E-state index in [0.717, 1.165) is 0 Å². The Morgan fingerprint density at radius 3 is 1.85 bits per heavy atom. The molecule has 0 aromatic heterocycles. The molecule has 76 valence electrons. The lowest BCUT2D eigenvalue weighted by Gasteiger charge is -2.15. The van der Waals surface area contributed by atoms with Gasteiger partial charge < -0.3 is 14.2 Å². The number of hydrogen-bond acceptors (Lipinski definition) is 5. The third-order valence-corrected chi connectivity index (χ3v) is 1.64. The molecule has 0 heterocycles. The largest absolute Gasteiger partial charge is 0.468 e. The first-order valence-electron chi connectivity index (χ1n) is 3.75. The van der Waals surface area contributed by atoms with Crippen LogP contribution in [0.5, 0.6) is 0 Å². The predicted molar refractivity (Wildman–Crippen MR) is 44.0 cm³/mol. The Morgan fingerprint density at radius 1 is 1.08 bits per heavy atom. The van der Waals surface area contributed by atoms with E-state index in [0.29, 0.717) is 0 Å². The molecule has 0 fully saturated rings. The van der Waals surface area contributed by atoms with Crippen molar-refractivity contribution in [3.63, 3.8) is 0 Å². The van der Waals surface area contributed by atoms with Crippen LogP contribution in [0.3, 0.4) is 0 Å². The first-order chi connectivity index (χ1) is 6.08. The van der Waals surface area contributed by atoms with E-state index in [1.54, 1.807) is 0 Å². The van der Waals surface area contributed by atoms with Gasteiger partial charge in [-0.15, -0.1) is 0 Å². The molecule has 1 atom stereocenters. The molecule has 0 aliphatic carbocycles. The number of ketones is 1. The van der Waals surface area contributed by atoms with Crippen molar-refractivity contribution in [3.8, 4) is 0 Å². The van der Waals surface area contributed by atoms with Crippen LogP contribution in [0.4, 0.5) is 0 Å². The van der Waals surface area contributed by atoms with Crippen LogP contribution in [0.1, 0.15) is 6.92 Å². The Morgan fingerprint density at radius 2 is 1.54 bits per heavy atom. The summed E-state index contributed by atoms with van der Waals surface area (Å²) >= 11 is 0. The normalized spacial score (nSPS) is 12.7. The van der Waals surface area contributed by atoms with Crippen LogP contribution in [0, 0.1) is 5.92 Å². The van der Waals surface area contributed by atoms with E-state index in [9.17, 15) is 9.59 Å². The van der Waals surface area contributed by atoms with Gasteiger partial charge in [0.2, 0.25) is 12.1 Å². The number of Topliss-reactive ketones (excluding diaryl/α,β-unsaturated/α-hetero) is 1. The minimum absolute atomic E-state index is 0.447. The van der Waals surface area contributed by atoms with Gasteiger partial charge in [0.05, 0.1) is 7.11 Å². The lowest BCUT2D eigenvalue weighted by molar-refractivity contribution is -0.167.